The van der Waals surface area contributed by atoms with Crippen LogP contribution in [0.4, 0.5) is 50.4 Å². The molecule has 53 heavy (non-hydrogen) atoms. The Hall–Kier alpha value is -4.90. The van der Waals surface area contributed by atoms with Gasteiger partial charge < -0.3 is 0 Å². The Kier molecular flexibility index (Phi) is 15.0. The zero-order valence-electron chi connectivity index (χ0n) is 26.3. The first-order chi connectivity index (χ1) is 23.7. The number of terminal acetylenes is 1. The van der Waals surface area contributed by atoms with Gasteiger partial charge >= 0.3 is 85.5 Å². The van der Waals surface area contributed by atoms with Crippen LogP contribution in [0, 0.1) is 12.3 Å². The van der Waals surface area contributed by atoms with Gasteiger partial charge in [-0.05, 0) is 72.8 Å². The molecule has 0 fully saturated rings. The van der Waals surface area contributed by atoms with Crippen LogP contribution in [0.25, 0.3) is 34.2 Å². The molecule has 0 saturated heterocycles. The molecule has 0 aliphatic carbocycles. The largest absolute Gasteiger partial charge is 2.00 e. The zero-order valence-corrected chi connectivity index (χ0v) is 29.9. The van der Waals surface area contributed by atoms with Gasteiger partial charge in [0, 0.05) is 42.7 Å². The van der Waals surface area contributed by atoms with Gasteiger partial charge in [-0.25, -0.2) is 0 Å². The number of pyridine rings is 6. The summed E-state index contributed by atoms with van der Waals surface area (Å²) < 4.78 is 118. The van der Waals surface area contributed by atoms with Crippen molar-refractivity contribution in [3.05, 3.63) is 146 Å². The van der Waals surface area contributed by atoms with Gasteiger partial charge in [0.1, 0.15) is 0 Å². The van der Waals surface area contributed by atoms with Crippen molar-refractivity contribution in [1.82, 2.24) is 29.9 Å². The van der Waals surface area contributed by atoms with E-state index in [1.54, 1.807) is 43.2 Å². The van der Waals surface area contributed by atoms with Gasteiger partial charge in [-0.15, -0.1) is 6.42 Å². The Balaban J connectivity index is 0.000000339. The summed E-state index contributed by atoms with van der Waals surface area (Å²) in [6.07, 6.45) is 15.8. The third-order valence-electron chi connectivity index (χ3n) is 5.04. The molecule has 0 radical (unpaired) electrons. The van der Waals surface area contributed by atoms with Crippen LogP contribution < -0.4 is 0 Å². The predicted molar refractivity (Wildman–Crippen MR) is 177 cm³/mol. The van der Waals surface area contributed by atoms with Gasteiger partial charge in [-0.2, -0.15) is 0 Å². The summed E-state index contributed by atoms with van der Waals surface area (Å²) in [4.78, 5) is 25.1. The van der Waals surface area contributed by atoms with Crippen molar-refractivity contribution in [1.29, 1.82) is 0 Å². The Labute approximate surface area is 307 Å². The van der Waals surface area contributed by atoms with E-state index in [0.717, 1.165) is 39.7 Å². The third kappa shape index (κ3) is 27.4. The van der Waals surface area contributed by atoms with E-state index in [0.29, 0.717) is 0 Å². The normalized spacial score (nSPS) is 13.0. The maximum Gasteiger partial charge on any atom is 2.00 e. The fourth-order valence-corrected chi connectivity index (χ4v) is 3.23. The first kappa shape index (κ1) is 46.1. The number of nitrogens with zero attached hydrogens (tertiary/aromatic N) is 6. The average Bonchev–Trinajstić information content (AvgIpc) is 3.08. The average molecular weight is 884 g/mol. The minimum atomic E-state index is -10.7. The van der Waals surface area contributed by atoms with Crippen LogP contribution in [-0.4, -0.2) is 29.9 Å². The molecular weight excluding hydrogens is 859 g/mol. The van der Waals surface area contributed by atoms with Crippen molar-refractivity contribution in [2.45, 2.75) is 0 Å². The Bertz CT molecular complexity index is 1810. The van der Waals surface area contributed by atoms with Gasteiger partial charge in [0.25, 0.3) is 0 Å². The van der Waals surface area contributed by atoms with Gasteiger partial charge in [0.15, 0.2) is 0 Å². The van der Waals surface area contributed by atoms with Gasteiger partial charge in [0.2, 0.25) is 0 Å². The van der Waals surface area contributed by atoms with Crippen molar-refractivity contribution in [2.24, 2.45) is 0 Å². The second-order valence-electron chi connectivity index (χ2n) is 9.57. The number of halogens is 12. The van der Waals surface area contributed by atoms with Crippen molar-refractivity contribution in [2.75, 3.05) is 0 Å². The molecule has 0 amide bonds. The van der Waals surface area contributed by atoms with Crippen molar-refractivity contribution in [3.8, 4) is 46.5 Å². The third-order valence-corrected chi connectivity index (χ3v) is 5.04. The Morgan fingerprint density at radius 1 is 0.358 bits per heavy atom. The molecule has 0 spiro atoms. The van der Waals surface area contributed by atoms with E-state index >= 15 is 0 Å². The van der Waals surface area contributed by atoms with Crippen molar-refractivity contribution < 1.29 is 69.8 Å². The zero-order chi connectivity index (χ0) is 39.1. The molecule has 6 heterocycles. The van der Waals surface area contributed by atoms with Crippen LogP contribution in [0.15, 0.2) is 140 Å². The van der Waals surface area contributed by atoms with Crippen LogP contribution in [0.5, 0.6) is 0 Å². The molecule has 6 rings (SSSR count). The molecule has 6 aromatic heterocycles. The van der Waals surface area contributed by atoms with Crippen molar-refractivity contribution in [3.63, 3.8) is 0 Å². The summed E-state index contributed by atoms with van der Waals surface area (Å²) in [6, 6.07) is 32.5. The Morgan fingerprint density at radius 3 is 0.792 bits per heavy atom. The summed E-state index contributed by atoms with van der Waals surface area (Å²) in [6.45, 7) is 0. The second kappa shape index (κ2) is 17.3. The minimum absolute atomic E-state index is 0. The van der Waals surface area contributed by atoms with Gasteiger partial charge in [-0.3, -0.25) is 29.9 Å². The standard InChI is InChI=1S/C12H8N2.2C10H8N2.2F6P.Ru/c1-2-10-6-8-14-12(9-10)11-5-3-4-7-13-11;2*1-3-7-11-9(5-1)10-6-2-4-8-12-10;2*1-7(2,3,4,5)6;/h1,3-9H;2*1-8H;;;/q;;;2*-1;+2. The van der Waals surface area contributed by atoms with E-state index in [-0.39, 0.29) is 19.5 Å². The molecule has 0 unspecified atom stereocenters. The molecule has 0 N–H and O–H groups in total. The molecule has 0 atom stereocenters. The van der Waals surface area contributed by atoms with Crippen LogP contribution in [0.1, 0.15) is 5.56 Å². The van der Waals surface area contributed by atoms with Gasteiger partial charge in [0.05, 0.1) is 34.2 Å². The smallest absolute Gasteiger partial charge is 0.255 e. The van der Waals surface area contributed by atoms with E-state index < -0.39 is 15.6 Å². The number of rotatable bonds is 3. The first-order valence-electron chi connectivity index (χ1n) is 13.9. The molecule has 284 valence electrons. The SMILES string of the molecule is C#Cc1ccnc(-c2ccccn2)c1.F[P-](F)(F)(F)(F)F.F[P-](F)(F)(F)(F)F.[Ru+2].c1ccc(-c2ccccn2)nc1.c1ccc(-c2ccccn2)nc1. The molecular formula is C32H24F12N6P2Ru. The summed E-state index contributed by atoms with van der Waals surface area (Å²) in [7, 11) is -21.3. The van der Waals surface area contributed by atoms with Crippen LogP contribution >= 0.6 is 15.6 Å². The number of hydrogen-bond donors (Lipinski definition) is 0. The second-order valence-corrected chi connectivity index (χ2v) is 13.4. The van der Waals surface area contributed by atoms with Crippen molar-refractivity contribution >= 4 is 15.6 Å². The van der Waals surface area contributed by atoms with E-state index in [4.69, 9.17) is 6.42 Å². The van der Waals surface area contributed by atoms with Crippen LogP contribution in [-0.2, 0) is 19.5 Å². The van der Waals surface area contributed by atoms with Crippen LogP contribution in [0.3, 0.4) is 0 Å². The fourth-order valence-electron chi connectivity index (χ4n) is 3.23. The first-order valence-corrected chi connectivity index (χ1v) is 17.9. The predicted octanol–water partition coefficient (Wildman–Crippen LogP) is 13.2. The van der Waals surface area contributed by atoms with Gasteiger partial charge in [-0.1, -0.05) is 36.3 Å². The molecule has 0 aromatic carbocycles. The van der Waals surface area contributed by atoms with E-state index in [9.17, 15) is 50.4 Å². The summed E-state index contributed by atoms with van der Waals surface area (Å²) in [5.41, 5.74) is 6.12. The monoisotopic (exact) mass is 884 g/mol. The van der Waals surface area contributed by atoms with E-state index in [1.165, 1.54) is 0 Å². The summed E-state index contributed by atoms with van der Waals surface area (Å²) >= 11 is 0. The molecule has 6 nitrogen and oxygen atoms in total. The number of hydrogen-bond acceptors (Lipinski definition) is 6. The summed E-state index contributed by atoms with van der Waals surface area (Å²) in [5.74, 6) is 2.57. The van der Waals surface area contributed by atoms with Crippen LogP contribution in [0.2, 0.25) is 0 Å². The molecule has 21 heteroatoms. The molecule has 0 saturated carbocycles. The fraction of sp³-hybridized carbons (Fsp3) is 0. The minimum Gasteiger partial charge on any atom is -0.255 e. The quantitative estimate of drug-likeness (QED) is 0.0763. The van der Waals surface area contributed by atoms with E-state index in [1.807, 2.05) is 97.1 Å². The maximum atomic E-state index is 9.87. The molecule has 6 aromatic rings. The Morgan fingerprint density at radius 2 is 0.585 bits per heavy atom. The summed E-state index contributed by atoms with van der Waals surface area (Å²) in [5, 5.41) is 0. The van der Waals surface area contributed by atoms with E-state index in [2.05, 4.69) is 35.8 Å². The topological polar surface area (TPSA) is 77.3 Å². The molecule has 0 aliphatic rings. The number of aromatic nitrogens is 6. The maximum absolute atomic E-state index is 10.7. The molecule has 0 aliphatic heterocycles. The molecule has 0 bridgehead atoms.